The van der Waals surface area contributed by atoms with E-state index in [2.05, 4.69) is 43.4 Å². The maximum Gasteiger partial charge on any atom is 0.303 e. The summed E-state index contributed by atoms with van der Waals surface area (Å²) in [5, 5.41) is 8.49. The maximum absolute atomic E-state index is 11.5. The number of rotatable bonds is 15. The SMILES string of the molecule is CC/C=C\CC(=O)CC/C=C\C/C=C\C/C=C\C/C=C\CCC(=O)O. The van der Waals surface area contributed by atoms with Gasteiger partial charge < -0.3 is 5.11 Å². The molecule has 0 aromatic rings. The van der Waals surface area contributed by atoms with Crippen LogP contribution in [0, 0.1) is 0 Å². The minimum absolute atomic E-state index is 0.195. The van der Waals surface area contributed by atoms with Crippen LogP contribution in [0.2, 0.25) is 0 Å². The Bertz CT molecular complexity index is 493. The molecule has 0 atom stereocenters. The van der Waals surface area contributed by atoms with Crippen molar-refractivity contribution >= 4 is 11.8 Å². The predicted octanol–water partition coefficient (Wildman–Crippen LogP) is 5.95. The molecule has 0 fully saturated rings. The Kier molecular flexibility index (Phi) is 16.6. The van der Waals surface area contributed by atoms with E-state index in [1.54, 1.807) is 0 Å². The van der Waals surface area contributed by atoms with Crippen LogP contribution in [-0.2, 0) is 9.59 Å². The Morgan fingerprint density at radius 1 is 0.680 bits per heavy atom. The minimum Gasteiger partial charge on any atom is -0.481 e. The molecule has 0 amide bonds. The number of carboxylic acids is 1. The van der Waals surface area contributed by atoms with Crippen LogP contribution in [0.4, 0.5) is 0 Å². The monoisotopic (exact) mass is 344 g/mol. The fourth-order valence-electron chi connectivity index (χ4n) is 1.98. The standard InChI is InChI=1S/C22H32O3/c1-2-3-15-18-21(23)19-16-13-11-9-7-5-4-6-8-10-12-14-17-20-22(24)25/h3,5-8,11-15H,2,4,9-10,16-20H2,1H3,(H,24,25)/b7-5-,8-6-,13-11-,14-12-,15-3-. The molecule has 138 valence electrons. The van der Waals surface area contributed by atoms with Crippen LogP contribution < -0.4 is 0 Å². The summed E-state index contributed by atoms with van der Waals surface area (Å²) >= 11 is 0. The molecule has 25 heavy (non-hydrogen) atoms. The van der Waals surface area contributed by atoms with Crippen LogP contribution in [0.25, 0.3) is 0 Å². The van der Waals surface area contributed by atoms with Gasteiger partial charge in [0.1, 0.15) is 5.78 Å². The number of hydrogen-bond donors (Lipinski definition) is 1. The first-order chi connectivity index (χ1) is 12.2. The van der Waals surface area contributed by atoms with E-state index in [1.807, 2.05) is 24.3 Å². The van der Waals surface area contributed by atoms with E-state index >= 15 is 0 Å². The molecule has 0 bridgehead atoms. The second-order valence-corrected chi connectivity index (χ2v) is 5.69. The molecule has 0 aliphatic carbocycles. The molecule has 0 saturated heterocycles. The zero-order chi connectivity index (χ0) is 18.6. The van der Waals surface area contributed by atoms with Crippen LogP contribution in [0.3, 0.4) is 0 Å². The highest BCUT2D eigenvalue weighted by molar-refractivity contribution is 5.79. The molecule has 0 heterocycles. The fourth-order valence-corrected chi connectivity index (χ4v) is 1.98. The first-order valence-electron chi connectivity index (χ1n) is 9.15. The molecule has 0 aliphatic heterocycles. The third-order valence-corrected chi connectivity index (χ3v) is 3.35. The first kappa shape index (κ1) is 22.8. The molecule has 0 saturated carbocycles. The summed E-state index contributed by atoms with van der Waals surface area (Å²) in [7, 11) is 0. The Morgan fingerprint density at radius 3 is 1.64 bits per heavy atom. The van der Waals surface area contributed by atoms with Crippen LogP contribution in [0.15, 0.2) is 60.8 Å². The van der Waals surface area contributed by atoms with Gasteiger partial charge in [-0.15, -0.1) is 0 Å². The average Bonchev–Trinajstić information content (AvgIpc) is 2.58. The van der Waals surface area contributed by atoms with Crippen molar-refractivity contribution in [1.82, 2.24) is 0 Å². The predicted molar refractivity (Wildman–Crippen MR) is 106 cm³/mol. The number of carboxylic acid groups (broad SMARTS) is 1. The highest BCUT2D eigenvalue weighted by Crippen LogP contribution is 2.00. The fraction of sp³-hybridized carbons (Fsp3) is 0.455. The second-order valence-electron chi connectivity index (χ2n) is 5.69. The highest BCUT2D eigenvalue weighted by Gasteiger charge is 1.95. The number of carbonyl (C=O) groups excluding carboxylic acids is 1. The highest BCUT2D eigenvalue weighted by atomic mass is 16.4. The molecule has 0 aromatic heterocycles. The summed E-state index contributed by atoms with van der Waals surface area (Å²) in [4.78, 5) is 21.8. The molecule has 3 heteroatoms. The van der Waals surface area contributed by atoms with Gasteiger partial charge in [0.25, 0.3) is 0 Å². The van der Waals surface area contributed by atoms with Crippen molar-refractivity contribution in [2.24, 2.45) is 0 Å². The van der Waals surface area contributed by atoms with Crippen LogP contribution in [0.5, 0.6) is 0 Å². The number of allylic oxidation sites excluding steroid dienone is 10. The zero-order valence-corrected chi connectivity index (χ0v) is 15.4. The van der Waals surface area contributed by atoms with Gasteiger partial charge in [0.15, 0.2) is 0 Å². The molecule has 0 rings (SSSR count). The Hall–Kier alpha value is -2.16. The van der Waals surface area contributed by atoms with E-state index in [0.717, 1.165) is 32.1 Å². The van der Waals surface area contributed by atoms with Crippen molar-refractivity contribution < 1.29 is 14.7 Å². The summed E-state index contributed by atoms with van der Waals surface area (Å²) in [6, 6.07) is 0. The molecule has 0 aromatic carbocycles. The van der Waals surface area contributed by atoms with E-state index in [9.17, 15) is 9.59 Å². The molecule has 0 aliphatic rings. The molecule has 0 unspecified atom stereocenters. The molecule has 0 spiro atoms. The Morgan fingerprint density at radius 2 is 1.16 bits per heavy atom. The molecule has 1 N–H and O–H groups in total. The lowest BCUT2D eigenvalue weighted by molar-refractivity contribution is -0.136. The third-order valence-electron chi connectivity index (χ3n) is 3.35. The van der Waals surface area contributed by atoms with E-state index < -0.39 is 5.97 Å². The second kappa shape index (κ2) is 18.2. The van der Waals surface area contributed by atoms with Gasteiger partial charge in [0, 0.05) is 19.3 Å². The van der Waals surface area contributed by atoms with Crippen LogP contribution >= 0.6 is 0 Å². The number of carbonyl (C=O) groups is 2. The van der Waals surface area contributed by atoms with Gasteiger partial charge in [0.2, 0.25) is 0 Å². The van der Waals surface area contributed by atoms with Gasteiger partial charge in [-0.2, -0.15) is 0 Å². The van der Waals surface area contributed by atoms with E-state index in [0.29, 0.717) is 25.0 Å². The summed E-state index contributed by atoms with van der Waals surface area (Å²) in [5.41, 5.74) is 0. The smallest absolute Gasteiger partial charge is 0.303 e. The zero-order valence-electron chi connectivity index (χ0n) is 15.4. The van der Waals surface area contributed by atoms with Gasteiger partial charge in [-0.3, -0.25) is 9.59 Å². The number of ketones is 1. The quantitative estimate of drug-likeness (QED) is 0.373. The van der Waals surface area contributed by atoms with Gasteiger partial charge in [-0.05, 0) is 38.5 Å². The number of aliphatic carboxylic acids is 1. The van der Waals surface area contributed by atoms with Crippen LogP contribution in [0.1, 0.15) is 64.7 Å². The minimum atomic E-state index is -0.755. The lowest BCUT2D eigenvalue weighted by Gasteiger charge is -1.92. The van der Waals surface area contributed by atoms with E-state index in [-0.39, 0.29) is 6.42 Å². The summed E-state index contributed by atoms with van der Waals surface area (Å²) in [6.45, 7) is 2.06. The summed E-state index contributed by atoms with van der Waals surface area (Å²) in [5.74, 6) is -0.456. The van der Waals surface area contributed by atoms with Gasteiger partial charge >= 0.3 is 5.97 Å². The molecular weight excluding hydrogens is 312 g/mol. The molecule has 0 radical (unpaired) electrons. The van der Waals surface area contributed by atoms with Gasteiger partial charge in [-0.25, -0.2) is 0 Å². The number of Topliss-reactive ketones (excluding diaryl/α,β-unsaturated/α-hetero) is 1. The Labute approximate surface area is 152 Å². The average molecular weight is 344 g/mol. The summed E-state index contributed by atoms with van der Waals surface area (Å²) in [6.07, 6.45) is 26.9. The third kappa shape index (κ3) is 19.8. The lowest BCUT2D eigenvalue weighted by Crippen LogP contribution is -1.93. The normalized spacial score (nSPS) is 12.5. The maximum atomic E-state index is 11.5. The van der Waals surface area contributed by atoms with Crippen LogP contribution in [-0.4, -0.2) is 16.9 Å². The number of hydrogen-bond acceptors (Lipinski definition) is 2. The van der Waals surface area contributed by atoms with E-state index in [4.69, 9.17) is 5.11 Å². The summed E-state index contributed by atoms with van der Waals surface area (Å²) < 4.78 is 0. The first-order valence-corrected chi connectivity index (χ1v) is 9.15. The van der Waals surface area contributed by atoms with Crippen molar-refractivity contribution in [2.75, 3.05) is 0 Å². The molecule has 3 nitrogen and oxygen atoms in total. The van der Waals surface area contributed by atoms with Crippen molar-refractivity contribution in [3.8, 4) is 0 Å². The Balaban J connectivity index is 3.56. The lowest BCUT2D eigenvalue weighted by atomic mass is 10.1. The van der Waals surface area contributed by atoms with Crippen molar-refractivity contribution in [1.29, 1.82) is 0 Å². The van der Waals surface area contributed by atoms with E-state index in [1.165, 1.54) is 0 Å². The topological polar surface area (TPSA) is 54.4 Å². The van der Waals surface area contributed by atoms with Gasteiger partial charge in [0.05, 0.1) is 0 Å². The molecular formula is C22H32O3. The van der Waals surface area contributed by atoms with Crippen molar-refractivity contribution in [2.45, 2.75) is 64.7 Å². The van der Waals surface area contributed by atoms with Crippen molar-refractivity contribution in [3.05, 3.63) is 60.8 Å². The van der Waals surface area contributed by atoms with Crippen molar-refractivity contribution in [3.63, 3.8) is 0 Å². The van der Waals surface area contributed by atoms with Gasteiger partial charge in [-0.1, -0.05) is 67.7 Å². The largest absolute Gasteiger partial charge is 0.481 e.